The van der Waals surface area contributed by atoms with Crippen LogP contribution >= 0.6 is 0 Å². The zero-order valence-corrected chi connectivity index (χ0v) is 10.3. The third-order valence-corrected chi connectivity index (χ3v) is 4.56. The topological polar surface area (TPSA) is 35.5 Å². The van der Waals surface area contributed by atoms with E-state index in [2.05, 4.69) is 0 Å². The molecule has 3 nitrogen and oxygen atoms in total. The van der Waals surface area contributed by atoms with Crippen molar-refractivity contribution in [2.45, 2.75) is 51.0 Å². The largest absolute Gasteiger partial charge is 0.469 e. The van der Waals surface area contributed by atoms with Crippen LogP contribution in [0.15, 0.2) is 0 Å². The molecule has 2 rings (SSSR count). The van der Waals surface area contributed by atoms with Gasteiger partial charge in [-0.25, -0.2) is 0 Å². The molecule has 0 aliphatic heterocycles. The summed E-state index contributed by atoms with van der Waals surface area (Å²) in [6, 6.07) is 0. The minimum Gasteiger partial charge on any atom is -0.469 e. The molecule has 0 N–H and O–H groups in total. The van der Waals surface area contributed by atoms with Crippen molar-refractivity contribution in [3.63, 3.8) is 0 Å². The fourth-order valence-corrected chi connectivity index (χ4v) is 3.82. The van der Waals surface area contributed by atoms with Gasteiger partial charge in [0.05, 0.1) is 18.6 Å². The maximum Gasteiger partial charge on any atom is 0.314 e. The number of rotatable bonds is 3. The molecule has 0 aromatic heterocycles. The molecule has 2 unspecified atom stereocenters. The second-order valence-corrected chi connectivity index (χ2v) is 5.13. The van der Waals surface area contributed by atoms with E-state index in [4.69, 9.17) is 9.47 Å². The molecule has 2 fully saturated rings. The van der Waals surface area contributed by atoms with E-state index in [1.54, 1.807) is 7.11 Å². The van der Waals surface area contributed by atoms with Crippen LogP contribution in [0, 0.1) is 11.3 Å². The lowest BCUT2D eigenvalue weighted by Crippen LogP contribution is -2.45. The zero-order chi connectivity index (χ0) is 11.6. The van der Waals surface area contributed by atoms with Gasteiger partial charge in [0.2, 0.25) is 0 Å². The van der Waals surface area contributed by atoms with Crippen molar-refractivity contribution in [1.82, 2.24) is 0 Å². The van der Waals surface area contributed by atoms with E-state index in [1.807, 2.05) is 0 Å². The number of carbonyl (C=O) groups is 1. The maximum atomic E-state index is 12.2. The van der Waals surface area contributed by atoms with E-state index in [1.165, 1.54) is 20.0 Å². The van der Waals surface area contributed by atoms with Crippen LogP contribution in [0.1, 0.15) is 44.9 Å². The van der Waals surface area contributed by atoms with Crippen LogP contribution in [0.5, 0.6) is 0 Å². The Balaban J connectivity index is 2.27. The minimum absolute atomic E-state index is 0.0382. The molecule has 2 saturated carbocycles. The minimum atomic E-state index is -0.333. The van der Waals surface area contributed by atoms with Gasteiger partial charge in [0, 0.05) is 7.11 Å². The molecule has 16 heavy (non-hydrogen) atoms. The van der Waals surface area contributed by atoms with E-state index in [-0.39, 0.29) is 17.5 Å². The predicted octanol–water partition coefficient (Wildman–Crippen LogP) is 2.53. The van der Waals surface area contributed by atoms with E-state index in [0.717, 1.165) is 32.1 Å². The Bertz CT molecular complexity index is 258. The molecule has 0 saturated heterocycles. The van der Waals surface area contributed by atoms with Crippen LogP contribution in [0.2, 0.25) is 0 Å². The lowest BCUT2D eigenvalue weighted by molar-refractivity contribution is -0.165. The summed E-state index contributed by atoms with van der Waals surface area (Å²) in [7, 11) is 3.23. The number of carbonyl (C=O) groups excluding carboxylic acids is 1. The van der Waals surface area contributed by atoms with Crippen molar-refractivity contribution < 1.29 is 14.3 Å². The van der Waals surface area contributed by atoms with Gasteiger partial charge in [0.25, 0.3) is 0 Å². The van der Waals surface area contributed by atoms with Gasteiger partial charge in [-0.1, -0.05) is 12.8 Å². The Hall–Kier alpha value is -0.570. The lowest BCUT2D eigenvalue weighted by atomic mass is 9.71. The Morgan fingerprint density at radius 1 is 1.12 bits per heavy atom. The fraction of sp³-hybridized carbons (Fsp3) is 0.923. The van der Waals surface area contributed by atoms with E-state index >= 15 is 0 Å². The van der Waals surface area contributed by atoms with Crippen LogP contribution in [0.4, 0.5) is 0 Å². The quantitative estimate of drug-likeness (QED) is 0.694. The van der Waals surface area contributed by atoms with E-state index < -0.39 is 0 Å². The van der Waals surface area contributed by atoms with Crippen molar-refractivity contribution in [3.05, 3.63) is 0 Å². The van der Waals surface area contributed by atoms with E-state index in [0.29, 0.717) is 5.92 Å². The Morgan fingerprint density at radius 3 is 2.38 bits per heavy atom. The lowest BCUT2D eigenvalue weighted by Gasteiger charge is -2.37. The van der Waals surface area contributed by atoms with Crippen LogP contribution in [0.25, 0.3) is 0 Å². The van der Waals surface area contributed by atoms with Crippen LogP contribution in [-0.2, 0) is 14.3 Å². The van der Waals surface area contributed by atoms with Crippen molar-refractivity contribution in [3.8, 4) is 0 Å². The summed E-state index contributed by atoms with van der Waals surface area (Å²) in [5, 5.41) is 0. The van der Waals surface area contributed by atoms with Crippen molar-refractivity contribution in [2.24, 2.45) is 11.3 Å². The molecular formula is C13H22O3. The average molecular weight is 226 g/mol. The molecule has 2 aliphatic rings. The summed E-state index contributed by atoms with van der Waals surface area (Å²) < 4.78 is 10.6. The van der Waals surface area contributed by atoms with Crippen LogP contribution in [-0.4, -0.2) is 26.3 Å². The fourth-order valence-electron chi connectivity index (χ4n) is 3.82. The van der Waals surface area contributed by atoms with Crippen molar-refractivity contribution in [1.29, 1.82) is 0 Å². The molecule has 0 aromatic rings. The third kappa shape index (κ3) is 1.65. The highest BCUT2D eigenvalue weighted by atomic mass is 16.5. The third-order valence-electron chi connectivity index (χ3n) is 4.56. The molecule has 0 heterocycles. The number of hydrogen-bond donors (Lipinski definition) is 0. The molecule has 0 aromatic carbocycles. The highest BCUT2D eigenvalue weighted by Crippen LogP contribution is 2.52. The maximum absolute atomic E-state index is 12.2. The first-order valence-corrected chi connectivity index (χ1v) is 6.37. The predicted molar refractivity (Wildman–Crippen MR) is 61.1 cm³/mol. The summed E-state index contributed by atoms with van der Waals surface area (Å²) in [5.41, 5.74) is -0.333. The number of hydrogen-bond acceptors (Lipinski definition) is 3. The molecule has 0 bridgehead atoms. The van der Waals surface area contributed by atoms with Gasteiger partial charge in [0.15, 0.2) is 0 Å². The number of methoxy groups -OCH3 is 2. The summed E-state index contributed by atoms with van der Waals surface area (Å²) >= 11 is 0. The van der Waals surface area contributed by atoms with Gasteiger partial charge in [-0.15, -0.1) is 0 Å². The van der Waals surface area contributed by atoms with Gasteiger partial charge in [-0.3, -0.25) is 4.79 Å². The SMILES string of the molecule is COC(=O)C1(C2CCCC2)CCCC1OC. The molecule has 2 atom stereocenters. The average Bonchev–Trinajstić information content (AvgIpc) is 2.96. The second-order valence-electron chi connectivity index (χ2n) is 5.13. The molecule has 2 aliphatic carbocycles. The Kier molecular flexibility index (Phi) is 3.53. The number of ether oxygens (including phenoxy) is 2. The standard InChI is InChI=1S/C13H22O3/c1-15-11-8-5-9-13(11,12(14)16-2)10-6-3-4-7-10/h10-11H,3-9H2,1-2H3. The second kappa shape index (κ2) is 4.74. The Morgan fingerprint density at radius 2 is 1.81 bits per heavy atom. The first kappa shape index (κ1) is 11.9. The highest BCUT2D eigenvalue weighted by Gasteiger charge is 2.55. The van der Waals surface area contributed by atoms with Crippen LogP contribution in [0.3, 0.4) is 0 Å². The molecule has 0 amide bonds. The van der Waals surface area contributed by atoms with Gasteiger partial charge < -0.3 is 9.47 Å². The van der Waals surface area contributed by atoms with Gasteiger partial charge in [0.1, 0.15) is 0 Å². The summed E-state index contributed by atoms with van der Waals surface area (Å²) in [6.45, 7) is 0. The highest BCUT2D eigenvalue weighted by molar-refractivity contribution is 5.78. The van der Waals surface area contributed by atoms with Gasteiger partial charge >= 0.3 is 5.97 Å². The normalized spacial score (nSPS) is 35.5. The monoisotopic (exact) mass is 226 g/mol. The van der Waals surface area contributed by atoms with E-state index in [9.17, 15) is 4.79 Å². The Labute approximate surface area is 97.5 Å². The van der Waals surface area contributed by atoms with Crippen molar-refractivity contribution in [2.75, 3.05) is 14.2 Å². The molecule has 92 valence electrons. The smallest absolute Gasteiger partial charge is 0.314 e. The van der Waals surface area contributed by atoms with Gasteiger partial charge in [-0.05, 0) is 38.0 Å². The molecule has 0 spiro atoms. The first-order chi connectivity index (χ1) is 7.75. The summed E-state index contributed by atoms with van der Waals surface area (Å²) in [6.07, 6.45) is 7.93. The zero-order valence-electron chi connectivity index (χ0n) is 10.3. The van der Waals surface area contributed by atoms with Crippen molar-refractivity contribution >= 4 is 5.97 Å². The number of esters is 1. The summed E-state index contributed by atoms with van der Waals surface area (Å²) in [5.74, 6) is 0.441. The molecule has 0 radical (unpaired) electrons. The van der Waals surface area contributed by atoms with Crippen LogP contribution < -0.4 is 0 Å². The molecular weight excluding hydrogens is 204 g/mol. The van der Waals surface area contributed by atoms with Gasteiger partial charge in [-0.2, -0.15) is 0 Å². The first-order valence-electron chi connectivity index (χ1n) is 6.37. The summed E-state index contributed by atoms with van der Waals surface area (Å²) in [4.78, 5) is 12.2. The molecule has 3 heteroatoms.